The largest absolute Gasteiger partial charge is 0.460 e. The van der Waals surface area contributed by atoms with Crippen LogP contribution in [0, 0.1) is 5.41 Å². The molecule has 0 aliphatic heterocycles. The highest BCUT2D eigenvalue weighted by molar-refractivity contribution is 9.09. The third kappa shape index (κ3) is 4.65. The van der Waals surface area contributed by atoms with Crippen LogP contribution < -0.4 is 4.74 Å². The molecule has 152 valence electrons. The van der Waals surface area contributed by atoms with Gasteiger partial charge in [-0.25, -0.2) is 0 Å². The summed E-state index contributed by atoms with van der Waals surface area (Å²) in [5, 5.41) is 0. The van der Waals surface area contributed by atoms with E-state index >= 15 is 0 Å². The van der Waals surface area contributed by atoms with E-state index in [1.807, 2.05) is 97.1 Å². The van der Waals surface area contributed by atoms with Crippen molar-refractivity contribution in [1.82, 2.24) is 0 Å². The van der Waals surface area contributed by atoms with Crippen molar-refractivity contribution in [2.45, 2.75) is 24.3 Å². The quantitative estimate of drug-likeness (QED) is 0.286. The summed E-state index contributed by atoms with van der Waals surface area (Å²) >= 11 is 3.66. The normalized spacial score (nSPS) is 20.5. The average molecular weight is 463 g/mol. The number of halogens is 1. The molecule has 3 nitrogen and oxygen atoms in total. The molecule has 30 heavy (non-hydrogen) atoms. The zero-order valence-electron chi connectivity index (χ0n) is 16.5. The maximum absolute atomic E-state index is 13.0. The van der Waals surface area contributed by atoms with Crippen molar-refractivity contribution in [3.63, 3.8) is 0 Å². The van der Waals surface area contributed by atoms with Gasteiger partial charge in [0.2, 0.25) is 0 Å². The van der Waals surface area contributed by atoms with Crippen molar-refractivity contribution in [2.24, 2.45) is 5.41 Å². The van der Waals surface area contributed by atoms with Crippen LogP contribution in [-0.4, -0.2) is 10.8 Å². The van der Waals surface area contributed by atoms with E-state index in [1.165, 1.54) is 0 Å². The standard InChI is InChI=1S/C26H23BrO3/c27-24-15-17-26(24,16-14-20-8-3-1-4-9-20)25(28)29-19-21-10-7-13-23(18-21)30-22-11-5-2-6-12-22/h1-14,16,18,24H,15,17,19H2. The van der Waals surface area contributed by atoms with Crippen molar-refractivity contribution >= 4 is 28.0 Å². The molecule has 4 heteroatoms. The molecule has 0 N–H and O–H groups in total. The Morgan fingerprint density at radius 2 is 1.67 bits per heavy atom. The highest BCUT2D eigenvalue weighted by atomic mass is 79.9. The molecular weight excluding hydrogens is 440 g/mol. The first-order valence-corrected chi connectivity index (χ1v) is 10.9. The van der Waals surface area contributed by atoms with Crippen LogP contribution >= 0.6 is 15.9 Å². The Morgan fingerprint density at radius 1 is 0.967 bits per heavy atom. The average Bonchev–Trinajstić information content (AvgIpc) is 2.78. The van der Waals surface area contributed by atoms with Gasteiger partial charge in [-0.2, -0.15) is 0 Å². The van der Waals surface area contributed by atoms with Crippen molar-refractivity contribution in [3.05, 3.63) is 102 Å². The molecule has 0 saturated heterocycles. The molecule has 1 fully saturated rings. The summed E-state index contributed by atoms with van der Waals surface area (Å²) in [6.45, 7) is 0.214. The van der Waals surface area contributed by atoms with Gasteiger partial charge in [-0.3, -0.25) is 4.79 Å². The number of alkyl halides is 1. The van der Waals surface area contributed by atoms with E-state index in [1.54, 1.807) is 0 Å². The first-order valence-electron chi connectivity index (χ1n) is 10.0. The van der Waals surface area contributed by atoms with Crippen LogP contribution in [0.4, 0.5) is 0 Å². The van der Waals surface area contributed by atoms with Crippen molar-refractivity contribution < 1.29 is 14.3 Å². The number of benzene rings is 3. The van der Waals surface area contributed by atoms with Crippen LogP contribution in [0.25, 0.3) is 6.08 Å². The Kier molecular flexibility index (Phi) is 6.34. The third-order valence-corrected chi connectivity index (χ3v) is 6.65. The summed E-state index contributed by atoms with van der Waals surface area (Å²) in [7, 11) is 0. The Labute approximate surface area is 185 Å². The predicted molar refractivity (Wildman–Crippen MR) is 123 cm³/mol. The van der Waals surface area contributed by atoms with Crippen molar-refractivity contribution in [3.8, 4) is 11.5 Å². The zero-order valence-corrected chi connectivity index (χ0v) is 18.1. The van der Waals surface area contributed by atoms with E-state index in [4.69, 9.17) is 9.47 Å². The molecule has 0 aromatic heterocycles. The summed E-state index contributed by atoms with van der Waals surface area (Å²) in [4.78, 5) is 13.1. The van der Waals surface area contributed by atoms with Gasteiger partial charge in [0.1, 0.15) is 18.1 Å². The minimum atomic E-state index is -0.617. The van der Waals surface area contributed by atoms with Crippen molar-refractivity contribution in [1.29, 1.82) is 0 Å². The molecule has 0 spiro atoms. The Morgan fingerprint density at radius 3 is 2.33 bits per heavy atom. The lowest BCUT2D eigenvalue weighted by molar-refractivity contribution is -0.157. The summed E-state index contributed by atoms with van der Waals surface area (Å²) < 4.78 is 11.6. The van der Waals surface area contributed by atoms with Gasteiger partial charge < -0.3 is 9.47 Å². The van der Waals surface area contributed by atoms with Gasteiger partial charge in [0.05, 0.1) is 5.41 Å². The number of para-hydroxylation sites is 1. The smallest absolute Gasteiger partial charge is 0.317 e. The molecule has 2 unspecified atom stereocenters. The van der Waals surface area contributed by atoms with Gasteiger partial charge in [0.25, 0.3) is 0 Å². The monoisotopic (exact) mass is 462 g/mol. The Bertz CT molecular complexity index is 1020. The highest BCUT2D eigenvalue weighted by Crippen LogP contribution is 2.48. The number of rotatable bonds is 7. The molecule has 1 saturated carbocycles. The van der Waals surface area contributed by atoms with Crippen LogP contribution in [0.15, 0.2) is 91.0 Å². The van der Waals surface area contributed by atoms with Crippen LogP contribution in [0.2, 0.25) is 0 Å². The van der Waals surface area contributed by atoms with E-state index in [0.717, 1.165) is 35.5 Å². The minimum Gasteiger partial charge on any atom is -0.460 e. The molecule has 1 aliphatic rings. The molecule has 4 rings (SSSR count). The van der Waals surface area contributed by atoms with E-state index in [-0.39, 0.29) is 17.4 Å². The topological polar surface area (TPSA) is 35.5 Å². The SMILES string of the molecule is O=C(OCc1cccc(Oc2ccccc2)c1)C1(C=Cc2ccccc2)CCC1Br. The molecule has 3 aromatic rings. The van der Waals surface area contributed by atoms with E-state index in [2.05, 4.69) is 15.9 Å². The van der Waals surface area contributed by atoms with Crippen molar-refractivity contribution in [2.75, 3.05) is 0 Å². The molecule has 0 heterocycles. The first kappa shape index (κ1) is 20.4. The van der Waals surface area contributed by atoms with E-state index in [0.29, 0.717) is 0 Å². The van der Waals surface area contributed by atoms with E-state index in [9.17, 15) is 4.79 Å². The maximum Gasteiger partial charge on any atom is 0.317 e. The Balaban J connectivity index is 1.42. The molecule has 2 atom stereocenters. The molecule has 1 aliphatic carbocycles. The first-order chi connectivity index (χ1) is 14.7. The number of hydrogen-bond acceptors (Lipinski definition) is 3. The zero-order chi connectivity index (χ0) is 20.8. The number of esters is 1. The second kappa shape index (κ2) is 9.31. The lowest BCUT2D eigenvalue weighted by atomic mass is 9.68. The lowest BCUT2D eigenvalue weighted by Gasteiger charge is -2.42. The lowest BCUT2D eigenvalue weighted by Crippen LogP contribution is -2.47. The molecule has 3 aromatic carbocycles. The molecule has 0 amide bonds. The van der Waals surface area contributed by atoms with Gasteiger partial charge in [0.15, 0.2) is 0 Å². The predicted octanol–water partition coefficient (Wildman–Crippen LogP) is 6.78. The second-order valence-corrected chi connectivity index (χ2v) is 8.53. The van der Waals surface area contributed by atoms with E-state index < -0.39 is 5.41 Å². The van der Waals surface area contributed by atoms with Gasteiger partial charge >= 0.3 is 5.97 Å². The van der Waals surface area contributed by atoms with Gasteiger partial charge in [-0.15, -0.1) is 0 Å². The number of carbonyl (C=O) groups excluding carboxylic acids is 1. The fourth-order valence-electron chi connectivity index (χ4n) is 3.47. The van der Waals surface area contributed by atoms with Gasteiger partial charge in [0, 0.05) is 4.83 Å². The molecular formula is C26H23BrO3. The molecule has 0 bridgehead atoms. The highest BCUT2D eigenvalue weighted by Gasteiger charge is 2.51. The van der Waals surface area contributed by atoms with Crippen LogP contribution in [-0.2, 0) is 16.1 Å². The van der Waals surface area contributed by atoms with Crippen LogP contribution in [0.1, 0.15) is 24.0 Å². The van der Waals surface area contributed by atoms with Crippen LogP contribution in [0.5, 0.6) is 11.5 Å². The third-order valence-electron chi connectivity index (χ3n) is 5.37. The second-order valence-electron chi connectivity index (χ2n) is 7.43. The fraction of sp³-hybridized carbons (Fsp3) is 0.192. The van der Waals surface area contributed by atoms with Gasteiger partial charge in [-0.05, 0) is 48.2 Å². The summed E-state index contributed by atoms with van der Waals surface area (Å²) in [6, 6.07) is 27.3. The van der Waals surface area contributed by atoms with Crippen LogP contribution in [0.3, 0.4) is 0 Å². The number of carbonyl (C=O) groups is 1. The maximum atomic E-state index is 13.0. The number of hydrogen-bond donors (Lipinski definition) is 0. The van der Waals surface area contributed by atoms with Gasteiger partial charge in [-0.1, -0.05) is 88.7 Å². The minimum absolute atomic E-state index is 0.0882. The Hall–Kier alpha value is -2.85. The summed E-state index contributed by atoms with van der Waals surface area (Å²) in [5.74, 6) is 1.29. The molecule has 0 radical (unpaired) electrons. The summed E-state index contributed by atoms with van der Waals surface area (Å²) in [6.07, 6.45) is 5.72. The number of ether oxygens (including phenoxy) is 2. The fourth-order valence-corrected chi connectivity index (χ4v) is 4.26. The summed E-state index contributed by atoms with van der Waals surface area (Å²) in [5.41, 5.74) is 1.35.